The Hall–Kier alpha value is -0.160. The predicted octanol–water partition coefficient (Wildman–Crippen LogP) is 0.491. The minimum atomic E-state index is -0.148. The predicted molar refractivity (Wildman–Crippen MR) is 62.9 cm³/mol. The maximum Gasteiger partial charge on any atom is 0.0656 e. The van der Waals surface area contributed by atoms with E-state index in [0.717, 1.165) is 19.3 Å². The molecule has 0 aliphatic heterocycles. The monoisotopic (exact) mass is 218 g/mol. The number of rotatable bonds is 9. The summed E-state index contributed by atoms with van der Waals surface area (Å²) < 4.78 is 5.21. The average molecular weight is 218 g/mol. The molecule has 0 aromatic heterocycles. The summed E-state index contributed by atoms with van der Waals surface area (Å²) in [5.41, 5.74) is 5.65. The van der Waals surface area contributed by atoms with Crippen molar-refractivity contribution < 1.29 is 9.84 Å². The van der Waals surface area contributed by atoms with Crippen molar-refractivity contribution in [2.75, 3.05) is 26.9 Å². The summed E-state index contributed by atoms with van der Waals surface area (Å²) in [4.78, 5) is 0. The van der Waals surface area contributed by atoms with Gasteiger partial charge in [0.25, 0.3) is 0 Å². The number of methoxy groups -OCH3 is 1. The molecular formula is C11H26N2O2. The lowest BCUT2D eigenvalue weighted by Gasteiger charge is -2.36. The van der Waals surface area contributed by atoms with E-state index in [0.29, 0.717) is 19.2 Å². The van der Waals surface area contributed by atoms with E-state index in [-0.39, 0.29) is 12.1 Å². The van der Waals surface area contributed by atoms with Crippen LogP contribution >= 0.6 is 0 Å². The van der Waals surface area contributed by atoms with E-state index in [2.05, 4.69) is 19.2 Å². The Bertz CT molecular complexity index is 150. The second-order valence-corrected chi connectivity index (χ2v) is 4.03. The van der Waals surface area contributed by atoms with Gasteiger partial charge in [0, 0.05) is 26.3 Å². The van der Waals surface area contributed by atoms with Crippen molar-refractivity contribution >= 4 is 0 Å². The van der Waals surface area contributed by atoms with Crippen LogP contribution in [-0.4, -0.2) is 43.6 Å². The van der Waals surface area contributed by atoms with E-state index >= 15 is 0 Å². The van der Waals surface area contributed by atoms with Gasteiger partial charge in [-0.1, -0.05) is 13.8 Å². The first-order valence-electron chi connectivity index (χ1n) is 5.75. The largest absolute Gasteiger partial charge is 0.396 e. The van der Waals surface area contributed by atoms with Crippen molar-refractivity contribution in [3.8, 4) is 0 Å². The molecule has 4 nitrogen and oxygen atoms in total. The molecular weight excluding hydrogens is 192 g/mol. The highest BCUT2D eigenvalue weighted by Crippen LogP contribution is 2.12. The fourth-order valence-corrected chi connectivity index (χ4v) is 1.75. The lowest BCUT2D eigenvalue weighted by molar-refractivity contribution is 0.0964. The van der Waals surface area contributed by atoms with Gasteiger partial charge in [-0.05, 0) is 19.3 Å². The third kappa shape index (κ3) is 4.93. The van der Waals surface area contributed by atoms with Gasteiger partial charge in [0.05, 0.1) is 12.1 Å². The zero-order valence-corrected chi connectivity index (χ0v) is 10.3. The molecule has 4 heteroatoms. The summed E-state index contributed by atoms with van der Waals surface area (Å²) in [5.74, 6) is 0. The highest BCUT2D eigenvalue weighted by atomic mass is 16.5. The smallest absolute Gasteiger partial charge is 0.0656 e. The molecule has 0 heterocycles. The number of nitrogens with one attached hydrogen (secondary N) is 1. The maximum absolute atomic E-state index is 8.94. The summed E-state index contributed by atoms with van der Waals surface area (Å²) in [7, 11) is 1.69. The van der Waals surface area contributed by atoms with Gasteiger partial charge in [0.15, 0.2) is 0 Å². The minimum Gasteiger partial charge on any atom is -0.396 e. The molecule has 0 radical (unpaired) electrons. The zero-order chi connectivity index (χ0) is 11.7. The Kier molecular flexibility index (Phi) is 7.96. The van der Waals surface area contributed by atoms with Crippen LogP contribution in [0, 0.1) is 0 Å². The Morgan fingerprint density at radius 1 is 1.47 bits per heavy atom. The van der Waals surface area contributed by atoms with Crippen molar-refractivity contribution in [3.63, 3.8) is 0 Å². The highest BCUT2D eigenvalue weighted by Gasteiger charge is 2.28. The molecule has 0 saturated carbocycles. The summed E-state index contributed by atoms with van der Waals surface area (Å²) in [6.45, 7) is 5.59. The molecule has 0 aromatic rings. The van der Waals surface area contributed by atoms with E-state index in [1.165, 1.54) is 0 Å². The van der Waals surface area contributed by atoms with E-state index in [4.69, 9.17) is 15.6 Å². The molecule has 4 N–H and O–H groups in total. The molecule has 0 aliphatic rings. The van der Waals surface area contributed by atoms with Gasteiger partial charge >= 0.3 is 0 Å². The first-order valence-corrected chi connectivity index (χ1v) is 5.75. The Morgan fingerprint density at radius 3 is 2.47 bits per heavy atom. The zero-order valence-electron chi connectivity index (χ0n) is 10.3. The van der Waals surface area contributed by atoms with E-state index < -0.39 is 0 Å². The molecule has 2 atom stereocenters. The molecule has 92 valence electrons. The molecule has 0 spiro atoms. The molecule has 0 fully saturated rings. The van der Waals surface area contributed by atoms with Crippen LogP contribution in [0.3, 0.4) is 0 Å². The number of hydrogen-bond acceptors (Lipinski definition) is 4. The topological polar surface area (TPSA) is 67.5 Å². The van der Waals surface area contributed by atoms with Crippen LogP contribution in [0.25, 0.3) is 0 Å². The van der Waals surface area contributed by atoms with Crippen LogP contribution in [0.1, 0.15) is 33.1 Å². The number of nitrogens with two attached hydrogens (primary N) is 1. The van der Waals surface area contributed by atoms with Crippen LogP contribution in [0.5, 0.6) is 0 Å². The van der Waals surface area contributed by atoms with Gasteiger partial charge in [0.1, 0.15) is 0 Å². The number of aliphatic hydroxyl groups excluding tert-OH is 1. The third-order valence-electron chi connectivity index (χ3n) is 2.97. The standard InChI is InChI=1S/C11H26N2O2/c1-4-10(6-7-14)13-11(5-2,8-12)9-15-3/h10,13-14H,4-9,12H2,1-3H3. The van der Waals surface area contributed by atoms with Crippen molar-refractivity contribution in [3.05, 3.63) is 0 Å². The SMILES string of the molecule is CCC(CCO)NC(CC)(CN)COC. The van der Waals surface area contributed by atoms with Crippen molar-refractivity contribution in [1.82, 2.24) is 5.32 Å². The maximum atomic E-state index is 8.94. The Balaban J connectivity index is 4.34. The van der Waals surface area contributed by atoms with Gasteiger partial charge in [-0.2, -0.15) is 0 Å². The molecule has 0 aliphatic carbocycles. The second kappa shape index (κ2) is 8.05. The van der Waals surface area contributed by atoms with Gasteiger partial charge < -0.3 is 20.9 Å². The van der Waals surface area contributed by atoms with Crippen LogP contribution in [-0.2, 0) is 4.74 Å². The van der Waals surface area contributed by atoms with Gasteiger partial charge in [-0.25, -0.2) is 0 Å². The number of hydrogen-bond donors (Lipinski definition) is 3. The van der Waals surface area contributed by atoms with Gasteiger partial charge in [-0.15, -0.1) is 0 Å². The number of ether oxygens (including phenoxy) is 1. The van der Waals surface area contributed by atoms with Gasteiger partial charge in [0.2, 0.25) is 0 Å². The molecule has 0 amide bonds. The van der Waals surface area contributed by atoms with E-state index in [1.807, 2.05) is 0 Å². The average Bonchev–Trinajstić information content (AvgIpc) is 2.27. The molecule has 2 unspecified atom stereocenters. The van der Waals surface area contributed by atoms with Crippen molar-refractivity contribution in [2.24, 2.45) is 5.73 Å². The van der Waals surface area contributed by atoms with Gasteiger partial charge in [-0.3, -0.25) is 0 Å². The molecule has 15 heavy (non-hydrogen) atoms. The fraction of sp³-hybridized carbons (Fsp3) is 1.00. The quantitative estimate of drug-likeness (QED) is 0.527. The van der Waals surface area contributed by atoms with Crippen LogP contribution < -0.4 is 11.1 Å². The first kappa shape index (κ1) is 14.8. The summed E-state index contributed by atoms with van der Waals surface area (Å²) in [6.07, 6.45) is 2.69. The van der Waals surface area contributed by atoms with Crippen LogP contribution in [0.15, 0.2) is 0 Å². The summed E-state index contributed by atoms with van der Waals surface area (Å²) in [6, 6.07) is 0.314. The van der Waals surface area contributed by atoms with Crippen molar-refractivity contribution in [2.45, 2.75) is 44.7 Å². The summed E-state index contributed by atoms with van der Waals surface area (Å²) in [5, 5.41) is 12.4. The normalized spacial score (nSPS) is 17.4. The van der Waals surface area contributed by atoms with E-state index in [1.54, 1.807) is 7.11 Å². The first-order chi connectivity index (χ1) is 7.17. The second-order valence-electron chi connectivity index (χ2n) is 4.03. The minimum absolute atomic E-state index is 0.148. The number of aliphatic hydroxyl groups is 1. The van der Waals surface area contributed by atoms with Crippen LogP contribution in [0.2, 0.25) is 0 Å². The van der Waals surface area contributed by atoms with Crippen LogP contribution in [0.4, 0.5) is 0 Å². The van der Waals surface area contributed by atoms with Crippen molar-refractivity contribution in [1.29, 1.82) is 0 Å². The molecule has 0 saturated heterocycles. The lowest BCUT2D eigenvalue weighted by atomic mass is 9.94. The fourth-order valence-electron chi connectivity index (χ4n) is 1.75. The Morgan fingerprint density at radius 2 is 2.13 bits per heavy atom. The van der Waals surface area contributed by atoms with E-state index in [9.17, 15) is 0 Å². The molecule has 0 rings (SSSR count). The molecule has 0 bridgehead atoms. The summed E-state index contributed by atoms with van der Waals surface area (Å²) >= 11 is 0. The third-order valence-corrected chi connectivity index (χ3v) is 2.97. The lowest BCUT2D eigenvalue weighted by Crippen LogP contribution is -2.57. The molecule has 0 aromatic carbocycles. The Labute approximate surface area is 93.2 Å². The highest BCUT2D eigenvalue weighted by molar-refractivity contribution is 4.90.